The number of aliphatic hydroxyl groups is 1. The molecule has 1 unspecified atom stereocenters. The molecule has 0 radical (unpaired) electrons. The molecule has 1 N–H and O–H groups in total. The van der Waals surface area contributed by atoms with Crippen molar-refractivity contribution in [2.75, 3.05) is 5.75 Å². The number of aliphatic hydroxyl groups excluding tert-OH is 1. The highest BCUT2D eigenvalue weighted by Gasteiger charge is 2.09. The van der Waals surface area contributed by atoms with Gasteiger partial charge < -0.3 is 5.11 Å². The number of aryl methyl sites for hydroxylation is 2. The second-order valence-electron chi connectivity index (χ2n) is 4.09. The van der Waals surface area contributed by atoms with Crippen LogP contribution in [-0.2, 0) is 0 Å². The first-order chi connectivity index (χ1) is 8.15. The van der Waals surface area contributed by atoms with Crippen LogP contribution < -0.4 is 0 Å². The van der Waals surface area contributed by atoms with Crippen LogP contribution in [0.25, 0.3) is 0 Å². The molecule has 1 aromatic carbocycles. The van der Waals surface area contributed by atoms with Crippen LogP contribution >= 0.6 is 23.1 Å². The van der Waals surface area contributed by atoms with Gasteiger partial charge in [-0.1, -0.05) is 17.7 Å². The minimum atomic E-state index is -0.361. The number of thiophene rings is 1. The van der Waals surface area contributed by atoms with E-state index in [1.54, 1.807) is 23.1 Å². The third-order valence-corrected chi connectivity index (χ3v) is 4.71. The molecule has 1 nitrogen and oxygen atoms in total. The molecule has 0 aliphatic heterocycles. The lowest BCUT2D eigenvalue weighted by molar-refractivity contribution is 0.208. The molecule has 2 aromatic rings. The van der Waals surface area contributed by atoms with Gasteiger partial charge in [-0.05, 0) is 38.1 Å². The molecule has 0 bridgehead atoms. The summed E-state index contributed by atoms with van der Waals surface area (Å²) >= 11 is 3.37. The Morgan fingerprint density at radius 3 is 2.41 bits per heavy atom. The Kier molecular flexibility index (Phi) is 4.26. The zero-order valence-corrected chi connectivity index (χ0v) is 11.6. The standard InChI is InChI=1S/C14H16OS2/c1-10-3-6-12(7-4-10)16-9-13(15)14-8-5-11(2)17-14/h3-8,13,15H,9H2,1-2H3. The first-order valence-corrected chi connectivity index (χ1v) is 7.39. The summed E-state index contributed by atoms with van der Waals surface area (Å²) in [5.41, 5.74) is 1.27. The fourth-order valence-corrected chi connectivity index (χ4v) is 3.35. The molecule has 90 valence electrons. The number of hydrogen-bond acceptors (Lipinski definition) is 3. The van der Waals surface area contributed by atoms with Gasteiger partial charge in [-0.15, -0.1) is 23.1 Å². The molecule has 0 fully saturated rings. The lowest BCUT2D eigenvalue weighted by Crippen LogP contribution is -1.97. The highest BCUT2D eigenvalue weighted by Crippen LogP contribution is 2.28. The van der Waals surface area contributed by atoms with Crippen LogP contribution in [0.3, 0.4) is 0 Å². The van der Waals surface area contributed by atoms with Crippen LogP contribution in [0.5, 0.6) is 0 Å². The lowest BCUT2D eigenvalue weighted by atomic mass is 10.2. The zero-order valence-electron chi connectivity index (χ0n) is 10.0. The van der Waals surface area contributed by atoms with E-state index in [1.165, 1.54) is 15.3 Å². The lowest BCUT2D eigenvalue weighted by Gasteiger charge is -2.08. The molecule has 0 aliphatic rings. The topological polar surface area (TPSA) is 20.2 Å². The van der Waals surface area contributed by atoms with Crippen molar-refractivity contribution in [1.82, 2.24) is 0 Å². The molecule has 0 aliphatic carbocycles. The fourth-order valence-electron chi connectivity index (χ4n) is 1.52. The SMILES string of the molecule is Cc1ccc(SCC(O)c2ccc(C)s2)cc1. The number of benzene rings is 1. The van der Waals surface area contributed by atoms with Gasteiger partial charge in [0.05, 0.1) is 6.10 Å². The highest BCUT2D eigenvalue weighted by atomic mass is 32.2. The van der Waals surface area contributed by atoms with Crippen molar-refractivity contribution in [3.63, 3.8) is 0 Å². The van der Waals surface area contributed by atoms with Crippen LogP contribution in [0, 0.1) is 13.8 Å². The summed E-state index contributed by atoms with van der Waals surface area (Å²) in [7, 11) is 0. The van der Waals surface area contributed by atoms with E-state index in [2.05, 4.69) is 44.2 Å². The maximum atomic E-state index is 10.0. The maximum absolute atomic E-state index is 10.0. The summed E-state index contributed by atoms with van der Waals surface area (Å²) in [5, 5.41) is 10.0. The molecule has 1 heterocycles. The van der Waals surface area contributed by atoms with E-state index in [0.717, 1.165) is 4.88 Å². The van der Waals surface area contributed by atoms with Crippen molar-refractivity contribution in [2.45, 2.75) is 24.8 Å². The van der Waals surface area contributed by atoms with Crippen LogP contribution in [0.1, 0.15) is 21.4 Å². The predicted molar refractivity (Wildman–Crippen MR) is 75.9 cm³/mol. The third-order valence-electron chi connectivity index (χ3n) is 2.52. The highest BCUT2D eigenvalue weighted by molar-refractivity contribution is 7.99. The Bertz CT molecular complexity index is 473. The van der Waals surface area contributed by atoms with E-state index in [4.69, 9.17) is 0 Å². The average Bonchev–Trinajstić information content (AvgIpc) is 2.75. The summed E-state index contributed by atoms with van der Waals surface area (Å²) in [6.07, 6.45) is -0.361. The minimum Gasteiger partial charge on any atom is -0.387 e. The number of rotatable bonds is 4. The van der Waals surface area contributed by atoms with Crippen LogP contribution in [0.4, 0.5) is 0 Å². The van der Waals surface area contributed by atoms with Crippen LogP contribution in [-0.4, -0.2) is 10.9 Å². The largest absolute Gasteiger partial charge is 0.387 e. The molecule has 2 rings (SSSR count). The Balaban J connectivity index is 1.92. The van der Waals surface area contributed by atoms with Crippen LogP contribution in [0.2, 0.25) is 0 Å². The minimum absolute atomic E-state index is 0.361. The van der Waals surface area contributed by atoms with Crippen LogP contribution in [0.15, 0.2) is 41.3 Å². The monoisotopic (exact) mass is 264 g/mol. The number of hydrogen-bond donors (Lipinski definition) is 1. The molecule has 3 heteroatoms. The molecule has 0 spiro atoms. The second-order valence-corrected chi connectivity index (χ2v) is 6.50. The summed E-state index contributed by atoms with van der Waals surface area (Å²) in [4.78, 5) is 3.52. The second kappa shape index (κ2) is 5.71. The van der Waals surface area contributed by atoms with Crippen molar-refractivity contribution in [1.29, 1.82) is 0 Å². The maximum Gasteiger partial charge on any atom is 0.0975 e. The van der Waals surface area contributed by atoms with Gasteiger partial charge in [-0.3, -0.25) is 0 Å². The van der Waals surface area contributed by atoms with Gasteiger partial charge in [0.1, 0.15) is 0 Å². The summed E-state index contributed by atoms with van der Waals surface area (Å²) in [6, 6.07) is 12.5. The van der Waals surface area contributed by atoms with Crippen molar-refractivity contribution >= 4 is 23.1 Å². The van der Waals surface area contributed by atoms with Gasteiger partial charge in [-0.2, -0.15) is 0 Å². The summed E-state index contributed by atoms with van der Waals surface area (Å²) in [5.74, 6) is 0.711. The van der Waals surface area contributed by atoms with E-state index in [0.29, 0.717) is 5.75 Å². The molecule has 17 heavy (non-hydrogen) atoms. The fraction of sp³-hybridized carbons (Fsp3) is 0.286. The Hall–Kier alpha value is -0.770. The zero-order chi connectivity index (χ0) is 12.3. The predicted octanol–water partition coefficient (Wildman–Crippen LogP) is 4.19. The van der Waals surface area contributed by atoms with Crippen molar-refractivity contribution in [3.05, 3.63) is 51.7 Å². The molecule has 0 saturated carbocycles. The summed E-state index contributed by atoms with van der Waals surface area (Å²) in [6.45, 7) is 4.14. The van der Waals surface area contributed by atoms with E-state index < -0.39 is 0 Å². The quantitative estimate of drug-likeness (QED) is 0.836. The first kappa shape index (κ1) is 12.7. The van der Waals surface area contributed by atoms with Gasteiger partial charge in [-0.25, -0.2) is 0 Å². The summed E-state index contributed by atoms with van der Waals surface area (Å²) < 4.78 is 0. The van der Waals surface area contributed by atoms with Crippen molar-refractivity contribution in [3.8, 4) is 0 Å². The molecule has 0 saturated heterocycles. The van der Waals surface area contributed by atoms with Gasteiger partial charge in [0, 0.05) is 20.4 Å². The molecule has 0 amide bonds. The average molecular weight is 264 g/mol. The molecular weight excluding hydrogens is 248 g/mol. The Morgan fingerprint density at radius 2 is 1.82 bits per heavy atom. The Labute approximate surface area is 111 Å². The van der Waals surface area contributed by atoms with Gasteiger partial charge >= 0.3 is 0 Å². The smallest absolute Gasteiger partial charge is 0.0975 e. The van der Waals surface area contributed by atoms with E-state index in [1.807, 2.05) is 6.07 Å². The van der Waals surface area contributed by atoms with E-state index >= 15 is 0 Å². The van der Waals surface area contributed by atoms with Gasteiger partial charge in [0.15, 0.2) is 0 Å². The normalized spacial score (nSPS) is 12.6. The van der Waals surface area contributed by atoms with Gasteiger partial charge in [0.25, 0.3) is 0 Å². The molecule has 1 atom stereocenters. The van der Waals surface area contributed by atoms with Gasteiger partial charge in [0.2, 0.25) is 0 Å². The van der Waals surface area contributed by atoms with E-state index in [9.17, 15) is 5.11 Å². The molecule has 1 aromatic heterocycles. The van der Waals surface area contributed by atoms with Crippen molar-refractivity contribution in [2.24, 2.45) is 0 Å². The molecular formula is C14H16OS2. The Morgan fingerprint density at radius 1 is 1.12 bits per heavy atom. The third kappa shape index (κ3) is 3.60. The van der Waals surface area contributed by atoms with Crippen molar-refractivity contribution < 1.29 is 5.11 Å². The number of thioether (sulfide) groups is 1. The first-order valence-electron chi connectivity index (χ1n) is 5.59. The van der Waals surface area contributed by atoms with E-state index in [-0.39, 0.29) is 6.10 Å².